The van der Waals surface area contributed by atoms with E-state index < -0.39 is 5.60 Å². The Morgan fingerprint density at radius 3 is 3.05 bits per heavy atom. The Morgan fingerprint density at radius 1 is 1.32 bits per heavy atom. The van der Waals surface area contributed by atoms with Crippen molar-refractivity contribution in [2.75, 3.05) is 19.6 Å². The number of hydrogen-bond acceptors (Lipinski definition) is 2. The van der Waals surface area contributed by atoms with Gasteiger partial charge >= 0.3 is 0 Å². The zero-order valence-electron chi connectivity index (χ0n) is 13.4. The highest BCUT2D eigenvalue weighted by atomic mass is 16.3. The van der Waals surface area contributed by atoms with Crippen LogP contribution in [-0.2, 0) is 12.8 Å². The van der Waals surface area contributed by atoms with E-state index in [1.165, 1.54) is 28.6 Å². The van der Waals surface area contributed by atoms with Gasteiger partial charge < -0.3 is 10.1 Å². The van der Waals surface area contributed by atoms with Crippen molar-refractivity contribution in [3.05, 3.63) is 35.5 Å². The number of aromatic amines is 1. The summed E-state index contributed by atoms with van der Waals surface area (Å²) in [6.07, 6.45) is 5.22. The second-order valence-corrected chi connectivity index (χ2v) is 7.30. The highest BCUT2D eigenvalue weighted by molar-refractivity contribution is 5.84. The smallest absolute Gasteiger partial charge is 0.0774 e. The van der Waals surface area contributed by atoms with Gasteiger partial charge in [0.25, 0.3) is 0 Å². The van der Waals surface area contributed by atoms with Gasteiger partial charge in [-0.25, -0.2) is 0 Å². The molecule has 3 nitrogen and oxygen atoms in total. The molecule has 22 heavy (non-hydrogen) atoms. The summed E-state index contributed by atoms with van der Waals surface area (Å²) in [4.78, 5) is 6.14. The minimum atomic E-state index is -0.469. The quantitative estimate of drug-likeness (QED) is 0.849. The summed E-state index contributed by atoms with van der Waals surface area (Å²) < 4.78 is 0. The van der Waals surface area contributed by atoms with Crippen molar-refractivity contribution in [3.8, 4) is 0 Å². The molecule has 1 saturated heterocycles. The van der Waals surface area contributed by atoms with E-state index in [1.54, 1.807) is 0 Å². The molecule has 2 aliphatic heterocycles. The molecule has 2 aromatic rings. The first-order valence-electron chi connectivity index (χ1n) is 8.70. The van der Waals surface area contributed by atoms with Crippen molar-refractivity contribution < 1.29 is 5.11 Å². The van der Waals surface area contributed by atoms with Gasteiger partial charge in [0.2, 0.25) is 0 Å². The van der Waals surface area contributed by atoms with E-state index in [-0.39, 0.29) is 0 Å². The van der Waals surface area contributed by atoms with Crippen molar-refractivity contribution in [1.82, 2.24) is 9.88 Å². The van der Waals surface area contributed by atoms with E-state index in [0.29, 0.717) is 5.92 Å². The number of nitrogens with zero attached hydrogens (tertiary/aromatic N) is 1. The summed E-state index contributed by atoms with van der Waals surface area (Å²) in [6, 6.07) is 8.67. The van der Waals surface area contributed by atoms with Gasteiger partial charge in [-0.05, 0) is 49.7 Å². The number of fused-ring (bicyclic) bond motifs is 5. The van der Waals surface area contributed by atoms with Gasteiger partial charge in [-0.2, -0.15) is 0 Å². The fourth-order valence-corrected chi connectivity index (χ4v) is 4.51. The lowest BCUT2D eigenvalue weighted by atomic mass is 9.81. The average Bonchev–Trinajstić information content (AvgIpc) is 2.89. The second kappa shape index (κ2) is 5.39. The molecule has 2 N–H and O–H groups in total. The van der Waals surface area contributed by atoms with Gasteiger partial charge in [0, 0.05) is 36.2 Å². The molecule has 0 saturated carbocycles. The predicted molar refractivity (Wildman–Crippen MR) is 90.1 cm³/mol. The Balaban J connectivity index is 1.67. The SMILES string of the molecule is CCC1(O)CC2CCc3[nH]c4ccccc4c3CCN(C2)C1. The van der Waals surface area contributed by atoms with Gasteiger partial charge in [0.05, 0.1) is 5.60 Å². The van der Waals surface area contributed by atoms with E-state index >= 15 is 0 Å². The number of hydrogen-bond donors (Lipinski definition) is 2. The van der Waals surface area contributed by atoms with Crippen molar-refractivity contribution >= 4 is 10.9 Å². The van der Waals surface area contributed by atoms with Crippen molar-refractivity contribution in [3.63, 3.8) is 0 Å². The first kappa shape index (κ1) is 14.3. The summed E-state index contributed by atoms with van der Waals surface area (Å²) >= 11 is 0. The summed E-state index contributed by atoms with van der Waals surface area (Å²) in [5.41, 5.74) is 3.74. The third-order valence-electron chi connectivity index (χ3n) is 5.74. The van der Waals surface area contributed by atoms with Gasteiger partial charge in [0.15, 0.2) is 0 Å². The maximum atomic E-state index is 10.8. The van der Waals surface area contributed by atoms with E-state index in [1.807, 2.05) is 0 Å². The van der Waals surface area contributed by atoms with Crippen LogP contribution >= 0.6 is 0 Å². The van der Waals surface area contributed by atoms with Crippen LogP contribution in [0, 0.1) is 5.92 Å². The average molecular weight is 298 g/mol. The van der Waals surface area contributed by atoms with Crippen LogP contribution in [0.2, 0.25) is 0 Å². The second-order valence-electron chi connectivity index (χ2n) is 7.30. The number of rotatable bonds is 1. The molecule has 1 fully saturated rings. The highest BCUT2D eigenvalue weighted by Crippen LogP contribution is 2.34. The van der Waals surface area contributed by atoms with Crippen LogP contribution < -0.4 is 0 Å². The standard InChI is InChI=1S/C19H26N2O/c1-2-19(22)11-14-7-8-18-16(9-10-21(12-14)13-19)15-5-3-4-6-17(15)20-18/h3-6,14,20,22H,2,7-13H2,1H3. The molecule has 3 unspecified atom stereocenters. The van der Waals surface area contributed by atoms with E-state index in [9.17, 15) is 5.11 Å². The summed E-state index contributed by atoms with van der Waals surface area (Å²) in [5, 5.41) is 12.2. The predicted octanol–water partition coefficient (Wildman–Crippen LogP) is 3.12. The molecule has 0 aliphatic carbocycles. The molecule has 3 atom stereocenters. The molecule has 1 aromatic carbocycles. The fourth-order valence-electron chi connectivity index (χ4n) is 4.51. The fraction of sp³-hybridized carbons (Fsp3) is 0.579. The number of benzene rings is 1. The number of para-hydroxylation sites is 1. The lowest BCUT2D eigenvalue weighted by Crippen LogP contribution is -2.51. The van der Waals surface area contributed by atoms with Crippen LogP contribution in [0.5, 0.6) is 0 Å². The molecular weight excluding hydrogens is 272 g/mol. The molecule has 2 aliphatic rings. The Bertz CT molecular complexity index is 677. The van der Waals surface area contributed by atoms with Crippen LogP contribution in [0.3, 0.4) is 0 Å². The zero-order chi connectivity index (χ0) is 15.2. The lowest BCUT2D eigenvalue weighted by Gasteiger charge is -2.42. The maximum Gasteiger partial charge on any atom is 0.0774 e. The summed E-state index contributed by atoms with van der Waals surface area (Å²) in [6.45, 7) is 5.19. The third-order valence-corrected chi connectivity index (χ3v) is 5.74. The number of aromatic nitrogens is 1. The number of aliphatic hydroxyl groups is 1. The Labute approximate surface area is 132 Å². The number of nitrogens with one attached hydrogen (secondary N) is 1. The minimum absolute atomic E-state index is 0.469. The maximum absolute atomic E-state index is 10.8. The molecule has 118 valence electrons. The number of aryl methyl sites for hydroxylation is 1. The van der Waals surface area contributed by atoms with Gasteiger partial charge in [-0.3, -0.25) is 4.90 Å². The Hall–Kier alpha value is -1.32. The highest BCUT2D eigenvalue weighted by Gasteiger charge is 2.37. The summed E-state index contributed by atoms with van der Waals surface area (Å²) in [7, 11) is 0. The first-order chi connectivity index (χ1) is 10.7. The lowest BCUT2D eigenvalue weighted by molar-refractivity contribution is -0.0557. The van der Waals surface area contributed by atoms with Crippen molar-refractivity contribution in [1.29, 1.82) is 0 Å². The van der Waals surface area contributed by atoms with Crippen LogP contribution in [0.4, 0.5) is 0 Å². The molecule has 0 amide bonds. The molecule has 1 aromatic heterocycles. The largest absolute Gasteiger partial charge is 0.389 e. The van der Waals surface area contributed by atoms with Crippen LogP contribution in [0.1, 0.15) is 37.4 Å². The molecule has 3 heteroatoms. The van der Waals surface area contributed by atoms with Crippen LogP contribution in [0.15, 0.2) is 24.3 Å². The molecule has 0 spiro atoms. The molecular formula is C19H26N2O. The normalized spacial score (nSPS) is 32.1. The van der Waals surface area contributed by atoms with E-state index in [4.69, 9.17) is 0 Å². The summed E-state index contributed by atoms with van der Waals surface area (Å²) in [5.74, 6) is 0.621. The Kier molecular flexibility index (Phi) is 3.50. The van der Waals surface area contributed by atoms with Crippen LogP contribution in [0.25, 0.3) is 10.9 Å². The molecule has 2 bridgehead atoms. The molecule has 0 radical (unpaired) electrons. The number of piperidine rings is 1. The van der Waals surface area contributed by atoms with Crippen LogP contribution in [-0.4, -0.2) is 40.2 Å². The minimum Gasteiger partial charge on any atom is -0.389 e. The molecule has 3 heterocycles. The van der Waals surface area contributed by atoms with Gasteiger partial charge in [-0.15, -0.1) is 0 Å². The zero-order valence-corrected chi connectivity index (χ0v) is 13.4. The first-order valence-corrected chi connectivity index (χ1v) is 8.70. The monoisotopic (exact) mass is 298 g/mol. The molecule has 4 rings (SSSR count). The van der Waals surface area contributed by atoms with E-state index in [0.717, 1.165) is 45.3 Å². The van der Waals surface area contributed by atoms with Gasteiger partial charge in [-0.1, -0.05) is 25.1 Å². The van der Waals surface area contributed by atoms with E-state index in [2.05, 4.69) is 41.1 Å². The van der Waals surface area contributed by atoms with Crippen molar-refractivity contribution in [2.45, 2.75) is 44.6 Å². The third kappa shape index (κ3) is 2.46. The van der Waals surface area contributed by atoms with Crippen molar-refractivity contribution in [2.24, 2.45) is 5.92 Å². The topological polar surface area (TPSA) is 39.3 Å². The Morgan fingerprint density at radius 2 is 2.18 bits per heavy atom. The number of H-pyrrole nitrogens is 1. The van der Waals surface area contributed by atoms with Gasteiger partial charge in [0.1, 0.15) is 0 Å².